The van der Waals surface area contributed by atoms with Crippen LogP contribution in [0.2, 0.25) is 0 Å². The van der Waals surface area contributed by atoms with Crippen molar-refractivity contribution in [2.24, 2.45) is 0 Å². The highest BCUT2D eigenvalue weighted by molar-refractivity contribution is 7.10. The number of nitrogens with one attached hydrogen (secondary N) is 1. The van der Waals surface area contributed by atoms with Crippen molar-refractivity contribution in [3.05, 3.63) is 80.3 Å². The fourth-order valence-electron chi connectivity index (χ4n) is 3.86. The number of nitrogens with two attached hydrogens (primary N) is 1. The minimum absolute atomic E-state index is 0.0125. The van der Waals surface area contributed by atoms with Gasteiger partial charge < -0.3 is 10.3 Å². The Bertz CT molecular complexity index is 998. The molecule has 0 unspecified atom stereocenters. The average molecular weight is 410 g/mol. The predicted molar refractivity (Wildman–Crippen MR) is 118 cm³/mol. The lowest BCUT2D eigenvalue weighted by molar-refractivity contribution is -0.675. The first-order chi connectivity index (χ1) is 13.8. The number of ketones is 2. The SMILES string of the molecule is CC(=O)c1c(C)[nH]c(C(=O)C[NH2+][C@H](c2ccc(C(C)C)cc2)c2cccs2)c1C. The summed E-state index contributed by atoms with van der Waals surface area (Å²) in [6, 6.07) is 12.9. The van der Waals surface area contributed by atoms with Crippen LogP contribution in [-0.2, 0) is 0 Å². The molecule has 0 fully saturated rings. The Balaban J connectivity index is 1.82. The van der Waals surface area contributed by atoms with Crippen LogP contribution in [0.1, 0.15) is 80.8 Å². The molecule has 5 heteroatoms. The van der Waals surface area contributed by atoms with Gasteiger partial charge in [-0.15, -0.1) is 11.3 Å². The van der Waals surface area contributed by atoms with Gasteiger partial charge in [-0.05, 0) is 49.3 Å². The smallest absolute Gasteiger partial charge is 0.233 e. The molecule has 2 aromatic heterocycles. The number of rotatable bonds is 8. The molecule has 3 rings (SSSR count). The third-order valence-electron chi connectivity index (χ3n) is 5.42. The van der Waals surface area contributed by atoms with Crippen molar-refractivity contribution in [1.29, 1.82) is 0 Å². The summed E-state index contributed by atoms with van der Waals surface area (Å²) in [7, 11) is 0. The first-order valence-electron chi connectivity index (χ1n) is 9.99. The summed E-state index contributed by atoms with van der Waals surface area (Å²) >= 11 is 1.70. The zero-order valence-electron chi connectivity index (χ0n) is 17.7. The van der Waals surface area contributed by atoms with E-state index in [0.29, 0.717) is 23.7 Å². The molecule has 0 aliphatic carbocycles. The minimum atomic E-state index is -0.0130. The van der Waals surface area contributed by atoms with E-state index in [0.717, 1.165) is 11.3 Å². The van der Waals surface area contributed by atoms with Crippen LogP contribution in [0.4, 0.5) is 0 Å². The van der Waals surface area contributed by atoms with Crippen LogP contribution in [0.15, 0.2) is 41.8 Å². The molecule has 152 valence electrons. The lowest BCUT2D eigenvalue weighted by atomic mass is 9.98. The topological polar surface area (TPSA) is 66.5 Å². The molecule has 0 saturated heterocycles. The molecule has 1 atom stereocenters. The molecule has 0 amide bonds. The van der Waals surface area contributed by atoms with Crippen molar-refractivity contribution in [2.75, 3.05) is 6.54 Å². The number of carbonyl (C=O) groups is 2. The van der Waals surface area contributed by atoms with Crippen LogP contribution in [-0.4, -0.2) is 23.1 Å². The first kappa shape index (κ1) is 21.2. The number of H-pyrrole nitrogens is 1. The maximum absolute atomic E-state index is 12.9. The molecule has 1 aromatic carbocycles. The summed E-state index contributed by atoms with van der Waals surface area (Å²) < 4.78 is 0. The summed E-state index contributed by atoms with van der Waals surface area (Å²) in [5.74, 6) is 0.490. The minimum Gasteiger partial charge on any atom is -0.355 e. The summed E-state index contributed by atoms with van der Waals surface area (Å²) in [4.78, 5) is 29.1. The largest absolute Gasteiger partial charge is 0.355 e. The van der Waals surface area contributed by atoms with Crippen LogP contribution in [0.25, 0.3) is 0 Å². The molecular formula is C24H29N2O2S+. The van der Waals surface area contributed by atoms with Gasteiger partial charge in [-0.25, -0.2) is 0 Å². The second kappa shape index (κ2) is 8.89. The molecular weight excluding hydrogens is 380 g/mol. The second-order valence-corrected chi connectivity index (χ2v) is 8.84. The summed E-state index contributed by atoms with van der Waals surface area (Å²) in [5, 5.41) is 4.15. The Morgan fingerprint density at radius 3 is 2.24 bits per heavy atom. The predicted octanol–water partition coefficient (Wildman–Crippen LogP) is 4.55. The normalized spacial score (nSPS) is 12.3. The number of aromatic nitrogens is 1. The van der Waals surface area contributed by atoms with E-state index in [1.165, 1.54) is 22.9 Å². The van der Waals surface area contributed by atoms with Crippen molar-refractivity contribution in [2.45, 2.75) is 46.6 Å². The molecule has 2 heterocycles. The van der Waals surface area contributed by atoms with Gasteiger partial charge in [-0.3, -0.25) is 9.59 Å². The van der Waals surface area contributed by atoms with Gasteiger partial charge in [0.1, 0.15) is 12.6 Å². The quantitative estimate of drug-likeness (QED) is 0.536. The zero-order valence-corrected chi connectivity index (χ0v) is 18.5. The lowest BCUT2D eigenvalue weighted by Gasteiger charge is -2.15. The molecule has 29 heavy (non-hydrogen) atoms. The molecule has 3 aromatic rings. The Kier molecular flexibility index (Phi) is 6.50. The van der Waals surface area contributed by atoms with Crippen molar-refractivity contribution >= 4 is 22.9 Å². The molecule has 3 N–H and O–H groups in total. The number of carbonyl (C=O) groups excluding carboxylic acids is 2. The number of thiophene rings is 1. The van der Waals surface area contributed by atoms with E-state index in [2.05, 4.69) is 59.9 Å². The van der Waals surface area contributed by atoms with Gasteiger partial charge in [0.25, 0.3) is 0 Å². The highest BCUT2D eigenvalue weighted by Gasteiger charge is 2.24. The Morgan fingerprint density at radius 1 is 1.07 bits per heavy atom. The van der Waals surface area contributed by atoms with Gasteiger partial charge in [0.05, 0.1) is 10.6 Å². The van der Waals surface area contributed by atoms with Gasteiger partial charge in [0.15, 0.2) is 5.78 Å². The molecule has 0 aliphatic rings. The van der Waals surface area contributed by atoms with E-state index in [1.54, 1.807) is 11.3 Å². The van der Waals surface area contributed by atoms with Crippen LogP contribution < -0.4 is 5.32 Å². The molecule has 0 radical (unpaired) electrons. The number of aromatic amines is 1. The van der Waals surface area contributed by atoms with Crippen molar-refractivity contribution < 1.29 is 14.9 Å². The monoisotopic (exact) mass is 409 g/mol. The second-order valence-electron chi connectivity index (χ2n) is 7.86. The van der Waals surface area contributed by atoms with E-state index in [1.807, 2.05) is 19.9 Å². The molecule has 0 bridgehead atoms. The Hall–Kier alpha value is -2.50. The van der Waals surface area contributed by atoms with Gasteiger partial charge in [-0.1, -0.05) is 44.2 Å². The standard InChI is InChI=1S/C24H28N2O2S/c1-14(2)18-8-10-19(11-9-18)24(21-7-6-12-29-21)25-13-20(28)23-15(3)22(17(5)27)16(4)26-23/h6-12,14,24-26H,13H2,1-5H3/p+1/t24-/m1/s1. The number of hydrogen-bond acceptors (Lipinski definition) is 3. The molecule has 0 aliphatic heterocycles. The number of Topliss-reactive ketones (excluding diaryl/α,β-unsaturated/α-hetero) is 2. The van der Waals surface area contributed by atoms with Crippen molar-refractivity contribution in [1.82, 2.24) is 4.98 Å². The fourth-order valence-corrected chi connectivity index (χ4v) is 4.71. The number of aryl methyl sites for hydroxylation is 1. The number of benzene rings is 1. The van der Waals surface area contributed by atoms with Crippen LogP contribution in [0.3, 0.4) is 0 Å². The van der Waals surface area contributed by atoms with Crippen LogP contribution in [0, 0.1) is 13.8 Å². The highest BCUT2D eigenvalue weighted by Crippen LogP contribution is 2.25. The number of hydrogen-bond donors (Lipinski definition) is 2. The summed E-state index contributed by atoms with van der Waals surface area (Å²) in [6.45, 7) is 9.91. The van der Waals surface area contributed by atoms with Crippen molar-refractivity contribution in [3.8, 4) is 0 Å². The van der Waals surface area contributed by atoms with E-state index < -0.39 is 0 Å². The maximum Gasteiger partial charge on any atom is 0.233 e. The van der Waals surface area contributed by atoms with Crippen molar-refractivity contribution in [3.63, 3.8) is 0 Å². The van der Waals surface area contributed by atoms with Crippen LogP contribution >= 0.6 is 11.3 Å². The van der Waals surface area contributed by atoms with E-state index in [9.17, 15) is 9.59 Å². The third kappa shape index (κ3) is 4.57. The maximum atomic E-state index is 12.9. The van der Waals surface area contributed by atoms with Gasteiger partial charge in [0, 0.05) is 16.8 Å². The van der Waals surface area contributed by atoms with Crippen LogP contribution in [0.5, 0.6) is 0 Å². The molecule has 4 nitrogen and oxygen atoms in total. The molecule has 0 saturated carbocycles. The fraction of sp³-hybridized carbons (Fsp3) is 0.333. The average Bonchev–Trinajstić information content (AvgIpc) is 3.30. The Labute approximate surface area is 176 Å². The number of quaternary nitrogens is 1. The van der Waals surface area contributed by atoms with E-state index >= 15 is 0 Å². The molecule has 0 spiro atoms. The summed E-state index contributed by atoms with van der Waals surface area (Å²) in [5.41, 5.74) is 5.19. The summed E-state index contributed by atoms with van der Waals surface area (Å²) in [6.07, 6.45) is 0. The van der Waals surface area contributed by atoms with Gasteiger partial charge >= 0.3 is 0 Å². The highest BCUT2D eigenvalue weighted by atomic mass is 32.1. The van der Waals surface area contributed by atoms with E-state index in [-0.39, 0.29) is 17.6 Å². The van der Waals surface area contributed by atoms with Gasteiger partial charge in [0.2, 0.25) is 5.78 Å². The first-order valence-corrected chi connectivity index (χ1v) is 10.9. The van der Waals surface area contributed by atoms with E-state index in [4.69, 9.17) is 0 Å². The zero-order chi connectivity index (χ0) is 21.1. The third-order valence-corrected chi connectivity index (χ3v) is 6.37. The van der Waals surface area contributed by atoms with Gasteiger partial charge in [-0.2, -0.15) is 0 Å². The Morgan fingerprint density at radius 2 is 1.72 bits per heavy atom. The lowest BCUT2D eigenvalue weighted by Crippen LogP contribution is -2.87.